The molecule has 1 aromatic rings. The fourth-order valence-electron chi connectivity index (χ4n) is 2.20. The molecular formula is C12H15ClFN3O2. The lowest BCUT2D eigenvalue weighted by Crippen LogP contribution is -2.13. The van der Waals surface area contributed by atoms with E-state index in [0.29, 0.717) is 12.5 Å². The molecule has 1 aromatic carbocycles. The Labute approximate surface area is 115 Å². The number of nitro benzene ring substituents is 1. The summed E-state index contributed by atoms with van der Waals surface area (Å²) in [7, 11) is 0. The van der Waals surface area contributed by atoms with Gasteiger partial charge < -0.3 is 10.6 Å². The molecule has 19 heavy (non-hydrogen) atoms. The molecule has 5 nitrogen and oxygen atoms in total. The molecule has 0 saturated carbocycles. The predicted molar refractivity (Wildman–Crippen MR) is 72.1 cm³/mol. The Morgan fingerprint density at radius 2 is 2.37 bits per heavy atom. The van der Waals surface area contributed by atoms with Gasteiger partial charge in [0.15, 0.2) is 0 Å². The van der Waals surface area contributed by atoms with E-state index in [2.05, 4.69) is 10.6 Å². The smallest absolute Gasteiger partial charge is 0.295 e. The molecule has 0 radical (unpaired) electrons. The summed E-state index contributed by atoms with van der Waals surface area (Å²) in [6, 6.07) is 2.11. The van der Waals surface area contributed by atoms with Crippen molar-refractivity contribution in [1.29, 1.82) is 0 Å². The Morgan fingerprint density at radius 3 is 3.00 bits per heavy atom. The molecule has 1 aliphatic rings. The first kappa shape index (κ1) is 14.0. The highest BCUT2D eigenvalue weighted by atomic mass is 35.5. The average Bonchev–Trinajstić information content (AvgIpc) is 2.86. The highest BCUT2D eigenvalue weighted by molar-refractivity contribution is 6.31. The number of nitro groups is 1. The van der Waals surface area contributed by atoms with Crippen LogP contribution in [0.2, 0.25) is 5.02 Å². The van der Waals surface area contributed by atoms with Crippen molar-refractivity contribution < 1.29 is 9.31 Å². The van der Waals surface area contributed by atoms with Gasteiger partial charge in [-0.3, -0.25) is 10.1 Å². The van der Waals surface area contributed by atoms with Crippen LogP contribution in [0.15, 0.2) is 12.1 Å². The highest BCUT2D eigenvalue weighted by Gasteiger charge is 2.18. The molecule has 1 saturated heterocycles. The van der Waals surface area contributed by atoms with Gasteiger partial charge in [-0.05, 0) is 37.9 Å². The number of hydrogen-bond acceptors (Lipinski definition) is 4. The van der Waals surface area contributed by atoms with Gasteiger partial charge in [0.1, 0.15) is 11.5 Å². The van der Waals surface area contributed by atoms with Gasteiger partial charge in [-0.15, -0.1) is 0 Å². The van der Waals surface area contributed by atoms with Gasteiger partial charge in [-0.25, -0.2) is 4.39 Å². The number of nitrogens with zero attached hydrogens (tertiary/aromatic N) is 1. The van der Waals surface area contributed by atoms with Crippen LogP contribution < -0.4 is 10.6 Å². The Bertz CT molecular complexity index is 478. The fourth-order valence-corrected chi connectivity index (χ4v) is 2.36. The fraction of sp³-hybridized carbons (Fsp3) is 0.500. The van der Waals surface area contributed by atoms with Gasteiger partial charge in [0.05, 0.1) is 16.0 Å². The Kier molecular flexibility index (Phi) is 4.55. The zero-order valence-corrected chi connectivity index (χ0v) is 11.0. The van der Waals surface area contributed by atoms with Crippen LogP contribution in [0, 0.1) is 21.8 Å². The van der Waals surface area contributed by atoms with Crippen molar-refractivity contribution in [2.45, 2.75) is 12.8 Å². The third kappa shape index (κ3) is 3.54. The van der Waals surface area contributed by atoms with Crippen LogP contribution in [0.3, 0.4) is 0 Å². The van der Waals surface area contributed by atoms with E-state index in [0.717, 1.165) is 32.0 Å². The summed E-state index contributed by atoms with van der Waals surface area (Å²) in [5.41, 5.74) is -0.0196. The van der Waals surface area contributed by atoms with Crippen molar-refractivity contribution in [3.63, 3.8) is 0 Å². The minimum atomic E-state index is -0.779. The second kappa shape index (κ2) is 6.16. The molecular weight excluding hydrogens is 273 g/mol. The monoisotopic (exact) mass is 287 g/mol. The summed E-state index contributed by atoms with van der Waals surface area (Å²) in [5, 5.41) is 17.0. The first-order valence-electron chi connectivity index (χ1n) is 6.16. The first-order chi connectivity index (χ1) is 9.08. The highest BCUT2D eigenvalue weighted by Crippen LogP contribution is 2.30. The normalized spacial score (nSPS) is 18.5. The maximum absolute atomic E-state index is 13.2. The zero-order chi connectivity index (χ0) is 13.8. The zero-order valence-electron chi connectivity index (χ0n) is 10.3. The molecule has 1 fully saturated rings. The van der Waals surface area contributed by atoms with Gasteiger partial charge in [0.25, 0.3) is 5.69 Å². The van der Waals surface area contributed by atoms with E-state index >= 15 is 0 Å². The van der Waals surface area contributed by atoms with Gasteiger partial charge in [0, 0.05) is 6.54 Å². The largest absolute Gasteiger partial charge is 0.379 e. The molecule has 1 heterocycles. The average molecular weight is 288 g/mol. The maximum atomic E-state index is 13.2. The molecule has 2 N–H and O–H groups in total. The molecule has 1 aliphatic heterocycles. The molecule has 1 atom stereocenters. The number of hydrogen-bond donors (Lipinski definition) is 2. The van der Waals surface area contributed by atoms with Gasteiger partial charge in [0.2, 0.25) is 0 Å². The molecule has 0 spiro atoms. The van der Waals surface area contributed by atoms with Crippen LogP contribution in [0.4, 0.5) is 15.8 Å². The summed E-state index contributed by atoms with van der Waals surface area (Å²) < 4.78 is 13.2. The lowest BCUT2D eigenvalue weighted by atomic mass is 10.1. The summed E-state index contributed by atoms with van der Waals surface area (Å²) in [5.74, 6) is -0.193. The molecule has 2 rings (SSSR count). The number of anilines is 1. The Balaban J connectivity index is 2.01. The van der Waals surface area contributed by atoms with E-state index in [4.69, 9.17) is 11.6 Å². The topological polar surface area (TPSA) is 67.2 Å². The van der Waals surface area contributed by atoms with Crippen molar-refractivity contribution in [3.05, 3.63) is 33.1 Å². The second-order valence-electron chi connectivity index (χ2n) is 4.61. The molecule has 0 aromatic heterocycles. The maximum Gasteiger partial charge on any atom is 0.295 e. The summed E-state index contributed by atoms with van der Waals surface area (Å²) >= 11 is 5.65. The van der Waals surface area contributed by atoms with Crippen LogP contribution in [-0.4, -0.2) is 24.6 Å². The molecule has 1 unspecified atom stereocenters. The number of nitrogens with one attached hydrogen (secondary N) is 2. The molecule has 104 valence electrons. The van der Waals surface area contributed by atoms with Crippen LogP contribution in [0.1, 0.15) is 12.8 Å². The lowest BCUT2D eigenvalue weighted by molar-refractivity contribution is -0.384. The van der Waals surface area contributed by atoms with Crippen molar-refractivity contribution in [2.75, 3.05) is 25.0 Å². The molecule has 7 heteroatoms. The quantitative estimate of drug-likeness (QED) is 0.645. The Morgan fingerprint density at radius 1 is 1.58 bits per heavy atom. The predicted octanol–water partition coefficient (Wildman–Crippen LogP) is 2.80. The molecule has 0 aliphatic carbocycles. The van der Waals surface area contributed by atoms with Crippen molar-refractivity contribution in [2.24, 2.45) is 5.92 Å². The summed E-state index contributed by atoms with van der Waals surface area (Å²) in [4.78, 5) is 10.2. The second-order valence-corrected chi connectivity index (χ2v) is 5.02. The van der Waals surface area contributed by atoms with Gasteiger partial charge in [-0.2, -0.15) is 0 Å². The van der Waals surface area contributed by atoms with Crippen LogP contribution in [-0.2, 0) is 0 Å². The minimum absolute atomic E-state index is 0.115. The number of halogens is 2. The van der Waals surface area contributed by atoms with Crippen molar-refractivity contribution >= 4 is 23.0 Å². The Hall–Kier alpha value is -1.40. The first-order valence-corrected chi connectivity index (χ1v) is 6.53. The lowest BCUT2D eigenvalue weighted by Gasteiger charge is -2.11. The molecule has 0 bridgehead atoms. The van der Waals surface area contributed by atoms with E-state index in [1.807, 2.05) is 0 Å². The third-order valence-electron chi connectivity index (χ3n) is 3.27. The van der Waals surface area contributed by atoms with Crippen LogP contribution in [0.25, 0.3) is 0 Å². The van der Waals surface area contributed by atoms with Crippen molar-refractivity contribution in [1.82, 2.24) is 5.32 Å². The SMILES string of the molecule is O=[N+]([O-])c1cc(F)c(Cl)cc1NCCC1CCNC1. The summed E-state index contributed by atoms with van der Waals surface area (Å²) in [6.07, 6.45) is 2.03. The standard InChI is InChI=1S/C12H15ClFN3O2/c13-9-5-11(12(17(18)19)6-10(9)14)16-4-2-8-1-3-15-7-8/h5-6,8,15-16H,1-4,7H2. The van der Waals surface area contributed by atoms with Crippen molar-refractivity contribution in [3.8, 4) is 0 Å². The van der Waals surface area contributed by atoms with Gasteiger partial charge >= 0.3 is 0 Å². The number of benzene rings is 1. The van der Waals surface area contributed by atoms with Crippen LogP contribution >= 0.6 is 11.6 Å². The van der Waals surface area contributed by atoms with E-state index < -0.39 is 10.7 Å². The van der Waals surface area contributed by atoms with E-state index in [1.165, 1.54) is 6.07 Å². The van der Waals surface area contributed by atoms with Gasteiger partial charge in [-0.1, -0.05) is 11.6 Å². The minimum Gasteiger partial charge on any atom is -0.379 e. The number of rotatable bonds is 5. The summed E-state index contributed by atoms with van der Waals surface area (Å²) in [6.45, 7) is 2.61. The van der Waals surface area contributed by atoms with E-state index in [1.54, 1.807) is 0 Å². The van der Waals surface area contributed by atoms with E-state index in [-0.39, 0.29) is 16.4 Å². The third-order valence-corrected chi connectivity index (χ3v) is 3.56. The van der Waals surface area contributed by atoms with Crippen LogP contribution in [0.5, 0.6) is 0 Å². The van der Waals surface area contributed by atoms with E-state index in [9.17, 15) is 14.5 Å². The molecule has 0 amide bonds.